The fourth-order valence-electron chi connectivity index (χ4n) is 2.02. The Balaban J connectivity index is 1.77. The van der Waals surface area contributed by atoms with Gasteiger partial charge < -0.3 is 19.9 Å². The number of rotatable bonds is 6. The second kappa shape index (κ2) is 6.78. The summed E-state index contributed by atoms with van der Waals surface area (Å²) < 4.78 is 10.6. The van der Waals surface area contributed by atoms with E-state index in [1.807, 2.05) is 38.1 Å². The molecule has 0 aliphatic rings. The van der Waals surface area contributed by atoms with Gasteiger partial charge in [-0.05, 0) is 32.0 Å². The first-order valence-corrected chi connectivity index (χ1v) is 7.27. The van der Waals surface area contributed by atoms with Crippen molar-refractivity contribution in [3.05, 3.63) is 48.4 Å². The summed E-state index contributed by atoms with van der Waals surface area (Å²) in [4.78, 5) is 8.57. The van der Waals surface area contributed by atoms with Crippen LogP contribution in [-0.2, 0) is 0 Å². The first-order valence-electron chi connectivity index (χ1n) is 7.27. The van der Waals surface area contributed by atoms with E-state index < -0.39 is 0 Å². The highest BCUT2D eigenvalue weighted by Crippen LogP contribution is 2.27. The Hall–Kier alpha value is -3.09. The molecule has 3 rings (SSSR count). The molecule has 0 saturated heterocycles. The van der Waals surface area contributed by atoms with Crippen molar-refractivity contribution >= 4 is 23.3 Å². The smallest absolute Gasteiger partial charge is 0.230 e. The number of nitrogens with one attached hydrogen (secondary N) is 2. The third kappa shape index (κ3) is 3.76. The molecule has 118 valence electrons. The monoisotopic (exact) mass is 311 g/mol. The van der Waals surface area contributed by atoms with Crippen molar-refractivity contribution in [2.75, 3.05) is 17.2 Å². The van der Waals surface area contributed by atoms with Crippen molar-refractivity contribution < 1.29 is 9.26 Å². The molecule has 0 amide bonds. The van der Waals surface area contributed by atoms with Crippen LogP contribution >= 0.6 is 0 Å². The summed E-state index contributed by atoms with van der Waals surface area (Å²) in [5, 5.41) is 10.1. The first-order chi connectivity index (χ1) is 11.2. The largest absolute Gasteiger partial charge is 0.492 e. The van der Waals surface area contributed by atoms with Crippen LogP contribution in [0.25, 0.3) is 0 Å². The summed E-state index contributed by atoms with van der Waals surface area (Å²) in [6.45, 7) is 4.37. The molecule has 7 heteroatoms. The SMILES string of the molecule is CCOc1ccccc1Nc1ccnc(Nc2cc(C)on2)n1. The van der Waals surface area contributed by atoms with Crippen LogP contribution in [0.3, 0.4) is 0 Å². The summed E-state index contributed by atoms with van der Waals surface area (Å²) in [7, 11) is 0. The Morgan fingerprint density at radius 1 is 1.13 bits per heavy atom. The topological polar surface area (TPSA) is 85.1 Å². The molecule has 2 aromatic heterocycles. The van der Waals surface area contributed by atoms with Crippen molar-refractivity contribution in [3.8, 4) is 5.75 Å². The van der Waals surface area contributed by atoms with Gasteiger partial charge in [-0.2, -0.15) is 4.98 Å². The maximum atomic E-state index is 5.59. The fraction of sp³-hybridized carbons (Fsp3) is 0.188. The lowest BCUT2D eigenvalue weighted by Gasteiger charge is -2.12. The number of ether oxygens (including phenoxy) is 1. The van der Waals surface area contributed by atoms with E-state index in [1.165, 1.54) is 0 Å². The van der Waals surface area contributed by atoms with E-state index >= 15 is 0 Å². The minimum Gasteiger partial charge on any atom is -0.492 e. The zero-order valence-corrected chi connectivity index (χ0v) is 12.9. The molecule has 0 aliphatic carbocycles. The number of para-hydroxylation sites is 2. The van der Waals surface area contributed by atoms with Crippen LogP contribution in [0.1, 0.15) is 12.7 Å². The summed E-state index contributed by atoms with van der Waals surface area (Å²) in [6.07, 6.45) is 1.66. The van der Waals surface area contributed by atoms with Crippen molar-refractivity contribution in [2.45, 2.75) is 13.8 Å². The van der Waals surface area contributed by atoms with Gasteiger partial charge in [-0.25, -0.2) is 4.98 Å². The number of benzene rings is 1. The van der Waals surface area contributed by atoms with Crippen molar-refractivity contribution in [2.24, 2.45) is 0 Å². The van der Waals surface area contributed by atoms with Gasteiger partial charge in [-0.3, -0.25) is 0 Å². The van der Waals surface area contributed by atoms with Crippen molar-refractivity contribution in [3.63, 3.8) is 0 Å². The number of nitrogens with zero attached hydrogens (tertiary/aromatic N) is 3. The fourth-order valence-corrected chi connectivity index (χ4v) is 2.02. The van der Waals surface area contributed by atoms with E-state index in [-0.39, 0.29) is 0 Å². The van der Waals surface area contributed by atoms with Crippen LogP contribution in [0.4, 0.5) is 23.3 Å². The van der Waals surface area contributed by atoms with E-state index in [1.54, 1.807) is 18.3 Å². The van der Waals surface area contributed by atoms with Gasteiger partial charge in [0.25, 0.3) is 0 Å². The third-order valence-corrected chi connectivity index (χ3v) is 2.97. The summed E-state index contributed by atoms with van der Waals surface area (Å²) >= 11 is 0. The Morgan fingerprint density at radius 3 is 2.78 bits per heavy atom. The third-order valence-electron chi connectivity index (χ3n) is 2.97. The molecule has 3 aromatic rings. The van der Waals surface area contributed by atoms with Gasteiger partial charge in [0, 0.05) is 12.3 Å². The Morgan fingerprint density at radius 2 is 2.00 bits per heavy atom. The number of anilines is 4. The molecule has 0 atom stereocenters. The standard InChI is InChI=1S/C16H17N5O2/c1-3-22-13-7-5-4-6-12(13)18-14-8-9-17-16(19-14)20-15-10-11(2)23-21-15/h4-10H,3H2,1-2H3,(H2,17,18,19,20,21). The van der Waals surface area contributed by atoms with E-state index in [4.69, 9.17) is 9.26 Å². The van der Waals surface area contributed by atoms with E-state index in [0.717, 1.165) is 11.4 Å². The predicted molar refractivity (Wildman–Crippen MR) is 87.4 cm³/mol. The molecule has 0 bridgehead atoms. The van der Waals surface area contributed by atoms with Crippen LogP contribution in [-0.4, -0.2) is 21.7 Å². The average Bonchev–Trinajstić information content (AvgIpc) is 2.95. The highest BCUT2D eigenvalue weighted by atomic mass is 16.5. The van der Waals surface area contributed by atoms with Crippen LogP contribution in [0.5, 0.6) is 5.75 Å². The first kappa shape index (κ1) is 14.8. The molecule has 7 nitrogen and oxygen atoms in total. The Kier molecular flexibility index (Phi) is 4.37. The van der Waals surface area contributed by atoms with Crippen LogP contribution in [0.15, 0.2) is 47.1 Å². The molecular weight excluding hydrogens is 294 g/mol. The van der Waals surface area contributed by atoms with Gasteiger partial charge >= 0.3 is 0 Å². The molecule has 0 saturated carbocycles. The number of hydrogen-bond acceptors (Lipinski definition) is 7. The highest BCUT2D eigenvalue weighted by Gasteiger charge is 2.06. The number of aryl methyl sites for hydroxylation is 1. The summed E-state index contributed by atoms with van der Waals surface area (Å²) in [5.74, 6) is 3.13. The second-order valence-electron chi connectivity index (χ2n) is 4.77. The molecule has 0 radical (unpaired) electrons. The molecule has 23 heavy (non-hydrogen) atoms. The number of aromatic nitrogens is 3. The van der Waals surface area contributed by atoms with Crippen molar-refractivity contribution in [1.82, 2.24) is 15.1 Å². The second-order valence-corrected chi connectivity index (χ2v) is 4.77. The van der Waals surface area contributed by atoms with Gasteiger partial charge in [0.05, 0.1) is 12.3 Å². The van der Waals surface area contributed by atoms with Crippen molar-refractivity contribution in [1.29, 1.82) is 0 Å². The Labute approximate surface area is 133 Å². The molecule has 0 aliphatic heterocycles. The van der Waals surface area contributed by atoms with E-state index in [2.05, 4.69) is 25.8 Å². The normalized spacial score (nSPS) is 10.3. The van der Waals surface area contributed by atoms with Gasteiger partial charge in [0.2, 0.25) is 5.95 Å². The maximum Gasteiger partial charge on any atom is 0.230 e. The molecule has 0 unspecified atom stereocenters. The lowest BCUT2D eigenvalue weighted by atomic mass is 10.3. The van der Waals surface area contributed by atoms with Crippen LogP contribution < -0.4 is 15.4 Å². The highest BCUT2D eigenvalue weighted by molar-refractivity contribution is 5.64. The van der Waals surface area contributed by atoms with Gasteiger partial charge in [0.15, 0.2) is 5.82 Å². The minimum atomic E-state index is 0.428. The average molecular weight is 311 g/mol. The Bertz CT molecular complexity index is 787. The lowest BCUT2D eigenvalue weighted by Crippen LogP contribution is -2.02. The summed E-state index contributed by atoms with van der Waals surface area (Å²) in [5.41, 5.74) is 0.844. The lowest BCUT2D eigenvalue weighted by molar-refractivity contribution is 0.342. The van der Waals surface area contributed by atoms with Crippen LogP contribution in [0, 0.1) is 6.92 Å². The van der Waals surface area contributed by atoms with E-state index in [0.29, 0.717) is 30.0 Å². The molecular formula is C16H17N5O2. The molecule has 1 aromatic carbocycles. The zero-order valence-electron chi connectivity index (χ0n) is 12.9. The van der Waals surface area contributed by atoms with Gasteiger partial charge in [0.1, 0.15) is 17.3 Å². The van der Waals surface area contributed by atoms with Gasteiger partial charge in [-0.1, -0.05) is 17.3 Å². The minimum absolute atomic E-state index is 0.428. The number of hydrogen-bond donors (Lipinski definition) is 2. The van der Waals surface area contributed by atoms with E-state index in [9.17, 15) is 0 Å². The van der Waals surface area contributed by atoms with Gasteiger partial charge in [-0.15, -0.1) is 0 Å². The quantitative estimate of drug-likeness (QED) is 0.718. The molecule has 2 heterocycles. The molecule has 0 spiro atoms. The molecule has 0 fully saturated rings. The molecule has 2 N–H and O–H groups in total. The maximum absolute atomic E-state index is 5.59. The predicted octanol–water partition coefficient (Wildman–Crippen LogP) is 3.66. The summed E-state index contributed by atoms with van der Waals surface area (Å²) in [6, 6.07) is 11.3. The van der Waals surface area contributed by atoms with Crippen LogP contribution in [0.2, 0.25) is 0 Å². The zero-order chi connectivity index (χ0) is 16.1.